The Hall–Kier alpha value is -1.39. The van der Waals surface area contributed by atoms with Gasteiger partial charge in [-0.1, -0.05) is 11.6 Å². The highest BCUT2D eigenvalue weighted by Gasteiger charge is 2.14. The minimum absolute atomic E-state index is 0.204. The first-order chi connectivity index (χ1) is 9.38. The largest absolute Gasteiger partial charge is 0.455 e. The molecule has 0 bridgehead atoms. The van der Waals surface area contributed by atoms with Crippen molar-refractivity contribution in [2.75, 3.05) is 0 Å². The molecule has 5 heteroatoms. The minimum Gasteiger partial charge on any atom is -0.455 e. The molecule has 0 saturated carbocycles. The summed E-state index contributed by atoms with van der Waals surface area (Å²) in [5.74, 6) is 0.129. The van der Waals surface area contributed by atoms with E-state index in [0.717, 1.165) is 0 Å². The van der Waals surface area contributed by atoms with E-state index in [1.165, 1.54) is 19.1 Å². The van der Waals surface area contributed by atoms with E-state index in [9.17, 15) is 9.18 Å². The Labute approximate surface area is 129 Å². The molecule has 2 nitrogen and oxygen atoms in total. The molecule has 0 fully saturated rings. The highest BCUT2D eigenvalue weighted by molar-refractivity contribution is 9.10. The molecule has 0 saturated heterocycles. The van der Waals surface area contributed by atoms with Crippen LogP contribution in [0.15, 0.2) is 34.8 Å². The van der Waals surface area contributed by atoms with Crippen LogP contribution in [0.2, 0.25) is 5.02 Å². The van der Waals surface area contributed by atoms with Crippen LogP contribution in [0.25, 0.3) is 0 Å². The second kappa shape index (κ2) is 5.94. The Balaban J connectivity index is 2.47. The molecule has 0 atom stereocenters. The van der Waals surface area contributed by atoms with Crippen LogP contribution >= 0.6 is 27.5 Å². The van der Waals surface area contributed by atoms with Crippen LogP contribution in [0, 0.1) is 12.7 Å². The van der Waals surface area contributed by atoms with Crippen LogP contribution in [0.5, 0.6) is 11.5 Å². The van der Waals surface area contributed by atoms with Crippen LogP contribution in [0.4, 0.5) is 4.39 Å². The zero-order chi connectivity index (χ0) is 14.9. The number of halogens is 3. The molecule has 0 N–H and O–H groups in total. The number of hydrogen-bond acceptors (Lipinski definition) is 2. The monoisotopic (exact) mass is 356 g/mol. The predicted octanol–water partition coefficient (Wildman–Crippen LogP) is 5.54. The third-order valence-corrected chi connectivity index (χ3v) is 3.61. The maximum absolute atomic E-state index is 13.6. The number of ketones is 1. The fourth-order valence-electron chi connectivity index (χ4n) is 1.69. The summed E-state index contributed by atoms with van der Waals surface area (Å²) in [6.45, 7) is 2.98. The first-order valence-corrected chi connectivity index (χ1v) is 6.99. The van der Waals surface area contributed by atoms with Gasteiger partial charge in [-0.2, -0.15) is 0 Å². The number of aryl methyl sites for hydroxylation is 1. The third kappa shape index (κ3) is 3.19. The molecule has 2 aromatic rings. The number of hydrogen-bond donors (Lipinski definition) is 0. The average molecular weight is 358 g/mol. The molecule has 20 heavy (non-hydrogen) atoms. The molecule has 0 aromatic heterocycles. The second-order valence-corrected chi connectivity index (χ2v) is 5.62. The molecular weight excluding hydrogens is 347 g/mol. The fourth-order valence-corrected chi connectivity index (χ4v) is 2.45. The second-order valence-electron chi connectivity index (χ2n) is 4.33. The van der Waals surface area contributed by atoms with Crippen molar-refractivity contribution in [3.05, 3.63) is 56.8 Å². The van der Waals surface area contributed by atoms with Gasteiger partial charge in [-0.05, 0) is 65.7 Å². The van der Waals surface area contributed by atoms with Gasteiger partial charge in [-0.15, -0.1) is 0 Å². The van der Waals surface area contributed by atoms with Gasteiger partial charge < -0.3 is 4.74 Å². The van der Waals surface area contributed by atoms with E-state index in [2.05, 4.69) is 15.9 Å². The summed E-state index contributed by atoms with van der Waals surface area (Å²) in [4.78, 5) is 11.6. The molecular formula is C15H11BrClFO2. The first-order valence-electron chi connectivity index (χ1n) is 5.82. The van der Waals surface area contributed by atoms with Crippen LogP contribution in [0.3, 0.4) is 0 Å². The van der Waals surface area contributed by atoms with Crippen LogP contribution in [-0.4, -0.2) is 5.78 Å². The van der Waals surface area contributed by atoms with Gasteiger partial charge in [0.05, 0.1) is 10.0 Å². The van der Waals surface area contributed by atoms with Crippen LogP contribution in [-0.2, 0) is 0 Å². The van der Waals surface area contributed by atoms with Gasteiger partial charge in [-0.25, -0.2) is 4.39 Å². The summed E-state index contributed by atoms with van der Waals surface area (Å²) >= 11 is 9.19. The van der Waals surface area contributed by atoms with E-state index in [1.54, 1.807) is 25.1 Å². The van der Waals surface area contributed by atoms with Gasteiger partial charge in [-0.3, -0.25) is 4.79 Å². The molecule has 104 valence electrons. The van der Waals surface area contributed by atoms with Gasteiger partial charge in [0.15, 0.2) is 5.78 Å². The minimum atomic E-state index is -0.433. The number of Topliss-reactive ketones (excluding diaryl/α,β-unsaturated/α-hetero) is 1. The van der Waals surface area contributed by atoms with Gasteiger partial charge in [0, 0.05) is 5.02 Å². The van der Waals surface area contributed by atoms with Gasteiger partial charge in [0.2, 0.25) is 0 Å². The Morgan fingerprint density at radius 3 is 2.55 bits per heavy atom. The number of carbonyl (C=O) groups is 1. The summed E-state index contributed by atoms with van der Waals surface area (Å²) < 4.78 is 19.9. The summed E-state index contributed by atoms with van der Waals surface area (Å²) in [5, 5.41) is 0.561. The molecule has 0 aliphatic carbocycles. The standard InChI is InChI=1S/C15H11BrClFO2/c1-8-5-15(11(9(2)19)7-13(8)18)20-14-4-3-10(17)6-12(14)16/h3-7H,1-2H3. The molecule has 0 aliphatic rings. The lowest BCUT2D eigenvalue weighted by atomic mass is 10.1. The SMILES string of the molecule is CC(=O)c1cc(F)c(C)cc1Oc1ccc(Cl)cc1Br. The molecule has 0 spiro atoms. The van der Waals surface area contributed by atoms with E-state index >= 15 is 0 Å². The van der Waals surface area contributed by atoms with Crippen LogP contribution < -0.4 is 4.74 Å². The van der Waals surface area contributed by atoms with Gasteiger partial charge in [0.1, 0.15) is 17.3 Å². The molecule has 0 unspecified atom stereocenters. The Morgan fingerprint density at radius 2 is 1.95 bits per heavy atom. The van der Waals surface area contributed by atoms with E-state index in [1.807, 2.05) is 0 Å². The smallest absolute Gasteiger partial charge is 0.163 e. The molecule has 0 aliphatic heterocycles. The first kappa shape index (κ1) is 15.0. The van der Waals surface area contributed by atoms with E-state index < -0.39 is 5.82 Å². The average Bonchev–Trinajstić information content (AvgIpc) is 2.36. The summed E-state index contributed by atoms with van der Waals surface area (Å²) in [7, 11) is 0. The molecule has 2 aromatic carbocycles. The van der Waals surface area contributed by atoms with Crippen molar-refractivity contribution >= 4 is 33.3 Å². The summed E-state index contributed by atoms with van der Waals surface area (Å²) in [6, 6.07) is 7.73. The number of rotatable bonds is 3. The van der Waals surface area contributed by atoms with Gasteiger partial charge in [0.25, 0.3) is 0 Å². The Kier molecular flexibility index (Phi) is 4.45. The third-order valence-electron chi connectivity index (χ3n) is 2.75. The predicted molar refractivity (Wildman–Crippen MR) is 80.4 cm³/mol. The number of carbonyl (C=O) groups excluding carboxylic acids is 1. The number of ether oxygens (including phenoxy) is 1. The summed E-state index contributed by atoms with van der Waals surface area (Å²) in [6.07, 6.45) is 0. The van der Waals surface area contributed by atoms with Gasteiger partial charge >= 0.3 is 0 Å². The Morgan fingerprint density at radius 1 is 1.25 bits per heavy atom. The summed E-state index contributed by atoms with van der Waals surface area (Å²) in [5.41, 5.74) is 0.616. The molecule has 2 rings (SSSR count). The zero-order valence-corrected chi connectivity index (χ0v) is 13.2. The lowest BCUT2D eigenvalue weighted by Crippen LogP contribution is -2.00. The van der Waals surface area contributed by atoms with E-state index in [-0.39, 0.29) is 11.3 Å². The topological polar surface area (TPSA) is 26.3 Å². The highest BCUT2D eigenvalue weighted by Crippen LogP contribution is 2.34. The highest BCUT2D eigenvalue weighted by atomic mass is 79.9. The maximum atomic E-state index is 13.6. The van der Waals surface area contributed by atoms with Crippen molar-refractivity contribution in [3.63, 3.8) is 0 Å². The normalized spacial score (nSPS) is 10.4. The molecule has 0 amide bonds. The molecule has 0 heterocycles. The van der Waals surface area contributed by atoms with Crippen molar-refractivity contribution < 1.29 is 13.9 Å². The van der Waals surface area contributed by atoms with Crippen LogP contribution in [0.1, 0.15) is 22.8 Å². The van der Waals surface area contributed by atoms with Crippen molar-refractivity contribution in [2.45, 2.75) is 13.8 Å². The lowest BCUT2D eigenvalue weighted by Gasteiger charge is -2.12. The fraction of sp³-hybridized carbons (Fsp3) is 0.133. The van der Waals surface area contributed by atoms with E-state index in [0.29, 0.717) is 26.6 Å². The van der Waals surface area contributed by atoms with E-state index in [4.69, 9.17) is 16.3 Å². The number of benzene rings is 2. The zero-order valence-electron chi connectivity index (χ0n) is 10.8. The molecule has 0 radical (unpaired) electrons. The quantitative estimate of drug-likeness (QED) is 0.674. The lowest BCUT2D eigenvalue weighted by molar-refractivity contribution is 0.101. The van der Waals surface area contributed by atoms with Crippen molar-refractivity contribution in [2.24, 2.45) is 0 Å². The maximum Gasteiger partial charge on any atom is 0.163 e. The van der Waals surface area contributed by atoms with Crippen molar-refractivity contribution in [3.8, 4) is 11.5 Å². The van der Waals surface area contributed by atoms with Crippen molar-refractivity contribution in [1.82, 2.24) is 0 Å². The van der Waals surface area contributed by atoms with Crippen molar-refractivity contribution in [1.29, 1.82) is 0 Å². The Bertz CT molecular complexity index is 686.